The molecular weight excluding hydrogens is 326 g/mol. The topological polar surface area (TPSA) is 98.2 Å². The summed E-state index contributed by atoms with van der Waals surface area (Å²) in [5.74, 6) is -0.0231. The molecule has 24 heavy (non-hydrogen) atoms. The average Bonchev–Trinajstić information content (AvgIpc) is 2.91. The standard InChI is InChI=1S/C17H21N3O3S/c1-9-12(10(2)23-20-9)8-14(21)19-17-15(16(18)22)11-6-4-3-5-7-13(11)24-17/h3-8H2,1-2H3,(H2,18,22)(H,19,21). The smallest absolute Gasteiger partial charge is 0.251 e. The van der Waals surface area contributed by atoms with Gasteiger partial charge in [0.2, 0.25) is 5.91 Å². The van der Waals surface area contributed by atoms with Crippen LogP contribution in [0.4, 0.5) is 5.00 Å². The maximum absolute atomic E-state index is 12.4. The molecule has 128 valence electrons. The van der Waals surface area contributed by atoms with E-state index in [2.05, 4.69) is 10.5 Å². The monoisotopic (exact) mass is 347 g/mol. The first-order valence-electron chi connectivity index (χ1n) is 8.13. The Morgan fingerprint density at radius 2 is 2.00 bits per heavy atom. The van der Waals surface area contributed by atoms with Crippen LogP contribution in [-0.2, 0) is 24.1 Å². The Morgan fingerprint density at radius 3 is 2.67 bits per heavy atom. The fourth-order valence-corrected chi connectivity index (χ4v) is 4.49. The Balaban J connectivity index is 1.84. The molecule has 3 rings (SSSR count). The van der Waals surface area contributed by atoms with Gasteiger partial charge in [-0.05, 0) is 45.1 Å². The number of hydrogen-bond donors (Lipinski definition) is 2. The molecule has 0 saturated carbocycles. The number of aromatic nitrogens is 1. The van der Waals surface area contributed by atoms with E-state index in [9.17, 15) is 9.59 Å². The van der Waals surface area contributed by atoms with Crippen molar-refractivity contribution < 1.29 is 14.1 Å². The third kappa shape index (κ3) is 3.21. The van der Waals surface area contributed by atoms with Gasteiger partial charge in [-0.2, -0.15) is 0 Å². The Labute approximate surface area is 144 Å². The number of aryl methyl sites for hydroxylation is 3. The molecule has 0 aliphatic heterocycles. The molecule has 0 saturated heterocycles. The molecule has 0 atom stereocenters. The van der Waals surface area contributed by atoms with Gasteiger partial charge in [0.25, 0.3) is 5.91 Å². The van der Waals surface area contributed by atoms with E-state index >= 15 is 0 Å². The van der Waals surface area contributed by atoms with E-state index in [1.807, 2.05) is 0 Å². The molecule has 0 radical (unpaired) electrons. The molecule has 7 heteroatoms. The predicted octanol–water partition coefficient (Wildman–Crippen LogP) is 2.90. The summed E-state index contributed by atoms with van der Waals surface area (Å²) in [7, 11) is 0. The number of carbonyl (C=O) groups is 2. The van der Waals surface area contributed by atoms with Crippen molar-refractivity contribution in [3.05, 3.63) is 33.0 Å². The van der Waals surface area contributed by atoms with Crippen molar-refractivity contribution in [3.8, 4) is 0 Å². The van der Waals surface area contributed by atoms with Gasteiger partial charge in [-0.3, -0.25) is 9.59 Å². The molecule has 6 nitrogen and oxygen atoms in total. The molecule has 0 unspecified atom stereocenters. The summed E-state index contributed by atoms with van der Waals surface area (Å²) < 4.78 is 5.09. The minimum absolute atomic E-state index is 0.169. The van der Waals surface area contributed by atoms with E-state index in [0.717, 1.165) is 43.2 Å². The van der Waals surface area contributed by atoms with Gasteiger partial charge in [-0.1, -0.05) is 11.6 Å². The number of nitrogens with one attached hydrogen (secondary N) is 1. The van der Waals surface area contributed by atoms with Gasteiger partial charge in [0.15, 0.2) is 0 Å². The summed E-state index contributed by atoms with van der Waals surface area (Å²) in [5, 5.41) is 7.31. The Hall–Kier alpha value is -2.15. The van der Waals surface area contributed by atoms with Crippen LogP contribution in [-0.4, -0.2) is 17.0 Å². The number of nitrogens with two attached hydrogens (primary N) is 1. The van der Waals surface area contributed by atoms with Crippen LogP contribution in [0.3, 0.4) is 0 Å². The van der Waals surface area contributed by atoms with Gasteiger partial charge in [-0.15, -0.1) is 11.3 Å². The summed E-state index contributed by atoms with van der Waals surface area (Å²) >= 11 is 1.48. The molecule has 0 spiro atoms. The Kier molecular flexibility index (Phi) is 4.71. The minimum Gasteiger partial charge on any atom is -0.365 e. The number of anilines is 1. The van der Waals surface area contributed by atoms with E-state index in [1.54, 1.807) is 13.8 Å². The maximum Gasteiger partial charge on any atom is 0.251 e. The van der Waals surface area contributed by atoms with Crippen LogP contribution in [0.15, 0.2) is 4.52 Å². The highest BCUT2D eigenvalue weighted by Crippen LogP contribution is 2.37. The van der Waals surface area contributed by atoms with Gasteiger partial charge in [0.1, 0.15) is 10.8 Å². The first kappa shape index (κ1) is 16.7. The molecule has 1 aliphatic rings. The molecule has 2 amide bonds. The van der Waals surface area contributed by atoms with Crippen LogP contribution in [0.5, 0.6) is 0 Å². The highest BCUT2D eigenvalue weighted by molar-refractivity contribution is 7.17. The van der Waals surface area contributed by atoms with Crippen molar-refractivity contribution in [2.24, 2.45) is 5.73 Å². The Bertz CT molecular complexity index is 772. The van der Waals surface area contributed by atoms with Crippen molar-refractivity contribution in [1.82, 2.24) is 5.16 Å². The number of thiophene rings is 1. The van der Waals surface area contributed by atoms with Gasteiger partial charge < -0.3 is 15.6 Å². The highest BCUT2D eigenvalue weighted by Gasteiger charge is 2.24. The van der Waals surface area contributed by atoms with E-state index in [-0.39, 0.29) is 12.3 Å². The number of primary amides is 1. The van der Waals surface area contributed by atoms with Crippen LogP contribution < -0.4 is 11.1 Å². The van der Waals surface area contributed by atoms with Gasteiger partial charge in [-0.25, -0.2) is 0 Å². The quantitative estimate of drug-likeness (QED) is 0.831. The zero-order chi connectivity index (χ0) is 17.3. The number of hydrogen-bond acceptors (Lipinski definition) is 5. The summed E-state index contributed by atoms with van der Waals surface area (Å²) in [6.07, 6.45) is 5.29. The lowest BCUT2D eigenvalue weighted by Gasteiger charge is -2.06. The zero-order valence-electron chi connectivity index (χ0n) is 13.9. The predicted molar refractivity (Wildman–Crippen MR) is 92.4 cm³/mol. The van der Waals surface area contributed by atoms with E-state index in [4.69, 9.17) is 10.3 Å². The van der Waals surface area contributed by atoms with Crippen molar-refractivity contribution in [1.29, 1.82) is 0 Å². The van der Waals surface area contributed by atoms with Crippen molar-refractivity contribution in [2.45, 2.75) is 52.4 Å². The summed E-state index contributed by atoms with van der Waals surface area (Å²) in [6, 6.07) is 0. The van der Waals surface area contributed by atoms with Gasteiger partial charge >= 0.3 is 0 Å². The number of carbonyl (C=O) groups excluding carboxylic acids is 2. The van der Waals surface area contributed by atoms with Crippen LogP contribution >= 0.6 is 11.3 Å². The number of fused-ring (bicyclic) bond motifs is 1. The highest BCUT2D eigenvalue weighted by atomic mass is 32.1. The SMILES string of the molecule is Cc1noc(C)c1CC(=O)Nc1sc2c(c1C(N)=O)CCCCC2. The van der Waals surface area contributed by atoms with Gasteiger partial charge in [0, 0.05) is 10.4 Å². The minimum atomic E-state index is -0.470. The number of amides is 2. The van der Waals surface area contributed by atoms with Crippen LogP contribution in [0.2, 0.25) is 0 Å². The lowest BCUT2D eigenvalue weighted by molar-refractivity contribution is -0.115. The second-order valence-corrected chi connectivity index (χ2v) is 7.27. The molecule has 2 aromatic heterocycles. The maximum atomic E-state index is 12.4. The lowest BCUT2D eigenvalue weighted by Crippen LogP contribution is -2.19. The van der Waals surface area contributed by atoms with Gasteiger partial charge in [0.05, 0.1) is 17.7 Å². The molecule has 0 fully saturated rings. The second kappa shape index (κ2) is 6.76. The van der Waals surface area contributed by atoms with Crippen molar-refractivity contribution >= 4 is 28.2 Å². The zero-order valence-corrected chi connectivity index (χ0v) is 14.7. The van der Waals surface area contributed by atoms with E-state index in [1.165, 1.54) is 16.2 Å². The number of rotatable bonds is 4. The van der Waals surface area contributed by atoms with E-state index < -0.39 is 5.91 Å². The third-order valence-corrected chi connectivity index (χ3v) is 5.65. The fraction of sp³-hybridized carbons (Fsp3) is 0.471. The first-order valence-corrected chi connectivity index (χ1v) is 8.95. The molecule has 0 aromatic carbocycles. The molecule has 2 aromatic rings. The molecular formula is C17H21N3O3S. The summed E-state index contributed by atoms with van der Waals surface area (Å²) in [6.45, 7) is 3.59. The summed E-state index contributed by atoms with van der Waals surface area (Å²) in [4.78, 5) is 25.5. The van der Waals surface area contributed by atoms with Crippen LogP contribution in [0.1, 0.15) is 57.1 Å². The van der Waals surface area contributed by atoms with Crippen LogP contribution in [0.25, 0.3) is 0 Å². The average molecular weight is 347 g/mol. The van der Waals surface area contributed by atoms with Crippen LogP contribution in [0, 0.1) is 13.8 Å². The molecule has 0 bridgehead atoms. The van der Waals surface area contributed by atoms with E-state index in [0.29, 0.717) is 22.0 Å². The summed E-state index contributed by atoms with van der Waals surface area (Å²) in [5.41, 5.74) is 8.59. The third-order valence-electron chi connectivity index (χ3n) is 4.44. The Morgan fingerprint density at radius 1 is 1.25 bits per heavy atom. The first-order chi connectivity index (χ1) is 11.5. The van der Waals surface area contributed by atoms with Crippen molar-refractivity contribution in [2.75, 3.05) is 5.32 Å². The van der Waals surface area contributed by atoms with Crippen molar-refractivity contribution in [3.63, 3.8) is 0 Å². The molecule has 3 N–H and O–H groups in total. The molecule has 1 aliphatic carbocycles. The molecule has 2 heterocycles. The lowest BCUT2D eigenvalue weighted by atomic mass is 10.0. The second-order valence-electron chi connectivity index (χ2n) is 6.16. The largest absolute Gasteiger partial charge is 0.365 e. The number of nitrogens with zero attached hydrogens (tertiary/aromatic N) is 1. The normalized spacial score (nSPS) is 14.1. The fourth-order valence-electron chi connectivity index (χ4n) is 3.18.